The van der Waals surface area contributed by atoms with E-state index in [4.69, 9.17) is 0 Å². The molecule has 0 aromatic carbocycles. The van der Waals surface area contributed by atoms with Gasteiger partial charge in [0.1, 0.15) is 0 Å². The molecule has 2 heterocycles. The number of aromatic nitrogens is 1. The molecule has 62 valence electrons. The van der Waals surface area contributed by atoms with E-state index in [-0.39, 0.29) is 0 Å². The zero-order valence-corrected chi connectivity index (χ0v) is 6.96. The maximum absolute atomic E-state index is 4.46. The first-order valence-electron chi connectivity index (χ1n) is 4.20. The molecule has 1 aromatic heterocycles. The van der Waals surface area contributed by atoms with Gasteiger partial charge in [0.15, 0.2) is 0 Å². The van der Waals surface area contributed by atoms with Crippen molar-refractivity contribution in [3.8, 4) is 0 Å². The number of rotatable bonds is 2. The molecule has 0 radical (unpaired) electrons. The summed E-state index contributed by atoms with van der Waals surface area (Å²) in [4.78, 5) is 4.46. The first kappa shape index (κ1) is 7.50. The van der Waals surface area contributed by atoms with E-state index in [2.05, 4.69) is 22.9 Å². The van der Waals surface area contributed by atoms with Crippen LogP contribution in [0.15, 0.2) is 24.8 Å². The van der Waals surface area contributed by atoms with Gasteiger partial charge < -0.3 is 5.32 Å². The summed E-state index contributed by atoms with van der Waals surface area (Å²) in [5.74, 6) is 0.616. The lowest BCUT2D eigenvalue weighted by atomic mass is 9.98. The van der Waals surface area contributed by atoms with Gasteiger partial charge in [-0.05, 0) is 18.2 Å². The van der Waals surface area contributed by atoms with Crippen LogP contribution in [0.4, 0.5) is 0 Å². The topological polar surface area (TPSA) is 24.9 Å². The fourth-order valence-electron chi connectivity index (χ4n) is 1.31. The Morgan fingerprint density at radius 2 is 2.33 bits per heavy atom. The minimum Gasteiger partial charge on any atom is -0.315 e. The Morgan fingerprint density at radius 3 is 2.92 bits per heavy atom. The highest BCUT2D eigenvalue weighted by Gasteiger charge is 2.19. The number of hydrogen-bond donors (Lipinski definition) is 1. The first-order valence-corrected chi connectivity index (χ1v) is 4.20. The van der Waals surface area contributed by atoms with Crippen molar-refractivity contribution in [1.82, 2.24) is 10.3 Å². The average Bonchev–Trinajstić information content (AvgIpc) is 2.02. The summed E-state index contributed by atoms with van der Waals surface area (Å²) in [5, 5.41) is 3.23. The molecule has 0 spiro atoms. The van der Waals surface area contributed by atoms with Gasteiger partial charge in [-0.25, -0.2) is 0 Å². The van der Waals surface area contributed by atoms with Gasteiger partial charge in [0.05, 0.1) is 5.69 Å². The zero-order valence-electron chi connectivity index (χ0n) is 6.96. The minimum absolute atomic E-state index is 0.616. The number of nitrogens with zero attached hydrogens (tertiary/aromatic N) is 1. The fourth-order valence-corrected chi connectivity index (χ4v) is 1.31. The van der Waals surface area contributed by atoms with Gasteiger partial charge in [-0.15, -0.1) is 0 Å². The molecule has 2 nitrogen and oxygen atoms in total. The lowest BCUT2D eigenvalue weighted by Crippen LogP contribution is -2.40. The van der Waals surface area contributed by atoms with E-state index in [9.17, 15) is 0 Å². The highest BCUT2D eigenvalue weighted by molar-refractivity contribution is 5.41. The Hall–Kier alpha value is -1.15. The van der Waals surface area contributed by atoms with E-state index in [1.54, 1.807) is 6.08 Å². The molecular formula is C10H12N2. The van der Waals surface area contributed by atoms with E-state index in [0.717, 1.165) is 18.8 Å². The Morgan fingerprint density at radius 1 is 1.50 bits per heavy atom. The quantitative estimate of drug-likeness (QED) is 0.707. The highest BCUT2D eigenvalue weighted by Crippen LogP contribution is 2.17. The molecule has 12 heavy (non-hydrogen) atoms. The average molecular weight is 160 g/mol. The van der Waals surface area contributed by atoms with E-state index in [1.807, 2.05) is 12.1 Å². The van der Waals surface area contributed by atoms with Crippen LogP contribution in [0.2, 0.25) is 0 Å². The van der Waals surface area contributed by atoms with Gasteiger partial charge in [-0.2, -0.15) is 0 Å². The Bertz CT molecular complexity index is 290. The molecule has 1 fully saturated rings. The van der Waals surface area contributed by atoms with Crippen molar-refractivity contribution in [2.45, 2.75) is 5.92 Å². The first-order chi connectivity index (χ1) is 5.90. The van der Waals surface area contributed by atoms with Crippen molar-refractivity contribution < 1.29 is 0 Å². The van der Waals surface area contributed by atoms with Crippen LogP contribution in [0.25, 0.3) is 6.08 Å². The Labute approximate surface area is 72.3 Å². The lowest BCUT2D eigenvalue weighted by Gasteiger charge is -2.26. The standard InChI is InChI=1S/C10H12N2/c1-2-9-4-3-5-10(12-9)8-6-11-7-8/h2-5,8,11H,1,6-7H2. The monoisotopic (exact) mass is 160 g/mol. The van der Waals surface area contributed by atoms with Crippen molar-refractivity contribution in [3.63, 3.8) is 0 Å². The normalized spacial score (nSPS) is 17.0. The van der Waals surface area contributed by atoms with Crippen LogP contribution >= 0.6 is 0 Å². The van der Waals surface area contributed by atoms with Crippen LogP contribution in [0.3, 0.4) is 0 Å². The van der Waals surface area contributed by atoms with Crippen LogP contribution in [-0.2, 0) is 0 Å². The van der Waals surface area contributed by atoms with Crippen molar-refractivity contribution in [3.05, 3.63) is 36.2 Å². The van der Waals surface area contributed by atoms with Gasteiger partial charge in [-0.3, -0.25) is 4.98 Å². The molecular weight excluding hydrogens is 148 g/mol. The summed E-state index contributed by atoms with van der Waals surface area (Å²) >= 11 is 0. The largest absolute Gasteiger partial charge is 0.315 e. The molecule has 0 aliphatic carbocycles. The number of nitrogens with one attached hydrogen (secondary N) is 1. The molecule has 1 saturated heterocycles. The second-order valence-corrected chi connectivity index (χ2v) is 3.05. The number of pyridine rings is 1. The molecule has 0 atom stereocenters. The Balaban J connectivity index is 2.25. The van der Waals surface area contributed by atoms with Crippen molar-refractivity contribution in [1.29, 1.82) is 0 Å². The molecule has 2 heteroatoms. The third-order valence-electron chi connectivity index (χ3n) is 2.20. The number of hydrogen-bond acceptors (Lipinski definition) is 2. The van der Waals surface area contributed by atoms with Crippen LogP contribution in [0, 0.1) is 0 Å². The third kappa shape index (κ3) is 1.25. The van der Waals surface area contributed by atoms with E-state index in [1.165, 1.54) is 5.69 Å². The predicted molar refractivity (Wildman–Crippen MR) is 49.9 cm³/mol. The SMILES string of the molecule is C=Cc1cccc(C2CNC2)n1. The van der Waals surface area contributed by atoms with Crippen molar-refractivity contribution >= 4 is 6.08 Å². The molecule has 0 bridgehead atoms. The molecule has 0 saturated carbocycles. The summed E-state index contributed by atoms with van der Waals surface area (Å²) in [7, 11) is 0. The summed E-state index contributed by atoms with van der Waals surface area (Å²) in [6, 6.07) is 6.10. The third-order valence-corrected chi connectivity index (χ3v) is 2.20. The maximum atomic E-state index is 4.46. The van der Waals surface area contributed by atoms with E-state index in [0.29, 0.717) is 5.92 Å². The highest BCUT2D eigenvalue weighted by atomic mass is 15.0. The smallest absolute Gasteiger partial charge is 0.0627 e. The van der Waals surface area contributed by atoms with Gasteiger partial charge in [0.25, 0.3) is 0 Å². The fraction of sp³-hybridized carbons (Fsp3) is 0.300. The van der Waals surface area contributed by atoms with Gasteiger partial charge in [-0.1, -0.05) is 12.6 Å². The molecule has 0 amide bonds. The molecule has 1 N–H and O–H groups in total. The predicted octanol–water partition coefficient (Wildman–Crippen LogP) is 1.41. The van der Waals surface area contributed by atoms with Crippen LogP contribution in [0.5, 0.6) is 0 Å². The second-order valence-electron chi connectivity index (χ2n) is 3.05. The summed E-state index contributed by atoms with van der Waals surface area (Å²) in [6.45, 7) is 5.82. The molecule has 1 aromatic rings. The van der Waals surface area contributed by atoms with Crippen LogP contribution in [-0.4, -0.2) is 18.1 Å². The molecule has 0 unspecified atom stereocenters. The minimum atomic E-state index is 0.616. The molecule has 1 aliphatic heterocycles. The van der Waals surface area contributed by atoms with Gasteiger partial charge >= 0.3 is 0 Å². The Kier molecular flexibility index (Phi) is 1.92. The summed E-state index contributed by atoms with van der Waals surface area (Å²) < 4.78 is 0. The molecule has 2 rings (SSSR count). The van der Waals surface area contributed by atoms with Crippen molar-refractivity contribution in [2.75, 3.05) is 13.1 Å². The zero-order chi connectivity index (χ0) is 8.39. The van der Waals surface area contributed by atoms with E-state index >= 15 is 0 Å². The lowest BCUT2D eigenvalue weighted by molar-refractivity contribution is 0.439. The van der Waals surface area contributed by atoms with Gasteiger partial charge in [0, 0.05) is 24.7 Å². The summed E-state index contributed by atoms with van der Waals surface area (Å²) in [5.41, 5.74) is 2.16. The molecule has 1 aliphatic rings. The van der Waals surface area contributed by atoms with Crippen LogP contribution in [0.1, 0.15) is 17.3 Å². The van der Waals surface area contributed by atoms with Crippen molar-refractivity contribution in [2.24, 2.45) is 0 Å². The van der Waals surface area contributed by atoms with E-state index < -0.39 is 0 Å². The van der Waals surface area contributed by atoms with Gasteiger partial charge in [0.2, 0.25) is 0 Å². The summed E-state index contributed by atoms with van der Waals surface area (Å²) in [6.07, 6.45) is 1.79. The second kappa shape index (κ2) is 3.07. The maximum Gasteiger partial charge on any atom is 0.0627 e. The van der Waals surface area contributed by atoms with Crippen LogP contribution < -0.4 is 5.32 Å².